The number of ketones is 1. The Bertz CT molecular complexity index is 873. The second-order valence-corrected chi connectivity index (χ2v) is 6.37. The van der Waals surface area contributed by atoms with Crippen LogP contribution in [0, 0.1) is 0 Å². The molecule has 0 saturated heterocycles. The fourth-order valence-corrected chi connectivity index (χ4v) is 3.08. The van der Waals surface area contributed by atoms with Crippen molar-refractivity contribution in [1.29, 1.82) is 0 Å². The van der Waals surface area contributed by atoms with Crippen LogP contribution in [0.25, 0.3) is 0 Å². The minimum absolute atomic E-state index is 0.0376. The van der Waals surface area contributed by atoms with E-state index >= 15 is 0 Å². The number of amides is 1. The Morgan fingerprint density at radius 3 is 2.79 bits per heavy atom. The molecule has 0 aliphatic heterocycles. The predicted molar refractivity (Wildman–Crippen MR) is 91.7 cm³/mol. The van der Waals surface area contributed by atoms with Crippen LogP contribution >= 0.6 is 11.6 Å². The van der Waals surface area contributed by atoms with Gasteiger partial charge in [0, 0.05) is 22.7 Å². The largest absolute Gasteiger partial charge is 0.345 e. The zero-order valence-corrected chi connectivity index (χ0v) is 13.9. The predicted octanol–water partition coefficient (Wildman–Crippen LogP) is 3.04. The minimum Gasteiger partial charge on any atom is -0.345 e. The Balaban J connectivity index is 1.86. The number of aromatic amines is 1. The second-order valence-electron chi connectivity index (χ2n) is 5.93. The summed E-state index contributed by atoms with van der Waals surface area (Å²) in [6.45, 7) is 1.81. The number of aromatic nitrogens is 1. The number of halogens is 1. The van der Waals surface area contributed by atoms with E-state index in [1.54, 1.807) is 25.1 Å². The zero-order chi connectivity index (χ0) is 17.3. The highest BCUT2D eigenvalue weighted by molar-refractivity contribution is 6.30. The van der Waals surface area contributed by atoms with Gasteiger partial charge >= 0.3 is 0 Å². The lowest BCUT2D eigenvalue weighted by atomic mass is 9.93. The van der Waals surface area contributed by atoms with Crippen LogP contribution in [0.3, 0.4) is 0 Å². The maximum atomic E-state index is 12.5. The van der Waals surface area contributed by atoms with Crippen LogP contribution in [0.5, 0.6) is 0 Å². The van der Waals surface area contributed by atoms with E-state index in [1.807, 2.05) is 6.07 Å². The molecule has 1 aromatic carbocycles. The van der Waals surface area contributed by atoms with Crippen LogP contribution in [0.15, 0.2) is 35.1 Å². The summed E-state index contributed by atoms with van der Waals surface area (Å²) in [7, 11) is 0. The van der Waals surface area contributed by atoms with E-state index in [4.69, 9.17) is 11.6 Å². The van der Waals surface area contributed by atoms with E-state index in [1.165, 1.54) is 6.07 Å². The molecule has 5 nitrogen and oxygen atoms in total. The van der Waals surface area contributed by atoms with Crippen molar-refractivity contribution in [1.82, 2.24) is 10.3 Å². The van der Waals surface area contributed by atoms with Gasteiger partial charge in [0.2, 0.25) is 0 Å². The topological polar surface area (TPSA) is 79.0 Å². The summed E-state index contributed by atoms with van der Waals surface area (Å²) in [5.74, 6) is -0.547. The van der Waals surface area contributed by atoms with E-state index in [-0.39, 0.29) is 17.4 Å². The number of H-pyrrole nitrogens is 1. The number of carbonyl (C=O) groups excluding carboxylic acids is 2. The normalized spacial score (nSPS) is 14.8. The molecule has 0 radical (unpaired) electrons. The summed E-state index contributed by atoms with van der Waals surface area (Å²) in [5.41, 5.74) is 1.38. The molecule has 1 amide bonds. The third kappa shape index (κ3) is 3.26. The Morgan fingerprint density at radius 2 is 2.04 bits per heavy atom. The molecule has 0 bridgehead atoms. The number of rotatable bonds is 3. The van der Waals surface area contributed by atoms with Crippen molar-refractivity contribution in [3.8, 4) is 0 Å². The van der Waals surface area contributed by atoms with Crippen molar-refractivity contribution >= 4 is 23.3 Å². The first-order chi connectivity index (χ1) is 11.5. The number of Topliss-reactive ketones (excluding diaryl/α,β-unsaturated/α-hetero) is 1. The van der Waals surface area contributed by atoms with Crippen molar-refractivity contribution < 1.29 is 9.59 Å². The lowest BCUT2D eigenvalue weighted by Gasteiger charge is -2.17. The number of hydrogen-bond donors (Lipinski definition) is 2. The van der Waals surface area contributed by atoms with Gasteiger partial charge < -0.3 is 10.3 Å². The number of nitrogens with one attached hydrogen (secondary N) is 2. The number of aryl methyl sites for hydroxylation is 1. The first kappa shape index (κ1) is 16.5. The smallest absolute Gasteiger partial charge is 0.261 e. The molecule has 124 valence electrons. The minimum atomic E-state index is -0.509. The van der Waals surface area contributed by atoms with Crippen molar-refractivity contribution in [3.63, 3.8) is 0 Å². The summed E-state index contributed by atoms with van der Waals surface area (Å²) in [6.07, 6.45) is 1.81. The van der Waals surface area contributed by atoms with Gasteiger partial charge in [0.05, 0.1) is 6.04 Å². The molecule has 2 aromatic rings. The maximum absolute atomic E-state index is 12.5. The van der Waals surface area contributed by atoms with Gasteiger partial charge in [-0.1, -0.05) is 23.7 Å². The highest BCUT2D eigenvalue weighted by Crippen LogP contribution is 2.20. The maximum Gasteiger partial charge on any atom is 0.261 e. The number of carbonyl (C=O) groups is 2. The first-order valence-electron chi connectivity index (χ1n) is 7.81. The average molecular weight is 345 g/mol. The Labute approximate surface area is 144 Å². The highest BCUT2D eigenvalue weighted by Gasteiger charge is 2.22. The molecule has 1 atom stereocenters. The van der Waals surface area contributed by atoms with Crippen molar-refractivity contribution in [2.24, 2.45) is 0 Å². The summed E-state index contributed by atoms with van der Waals surface area (Å²) >= 11 is 5.96. The Kier molecular flexibility index (Phi) is 4.53. The van der Waals surface area contributed by atoms with Gasteiger partial charge in [0.25, 0.3) is 11.5 Å². The summed E-state index contributed by atoms with van der Waals surface area (Å²) in [5, 5.41) is 3.35. The van der Waals surface area contributed by atoms with Gasteiger partial charge in [0.1, 0.15) is 5.56 Å². The standard InChI is InChI=1S/C18H17ClN2O3/c1-10(11-4-2-5-12(19)8-11)20-17(23)14-9-13-15(21-18(14)24)6-3-7-16(13)22/h2,4-5,8-10H,3,6-7H2,1H3,(H,20,23)(H,21,24)/t10-/m0/s1. The summed E-state index contributed by atoms with van der Waals surface area (Å²) in [4.78, 5) is 39.3. The molecule has 1 aliphatic carbocycles. The molecular weight excluding hydrogens is 328 g/mol. The SMILES string of the molecule is C[C@H](NC(=O)c1cc2c([nH]c1=O)CCCC2=O)c1cccc(Cl)c1. The van der Waals surface area contributed by atoms with Crippen molar-refractivity contribution in [2.45, 2.75) is 32.2 Å². The molecule has 2 N–H and O–H groups in total. The number of fused-ring (bicyclic) bond motifs is 1. The third-order valence-electron chi connectivity index (χ3n) is 4.19. The second kappa shape index (κ2) is 6.61. The van der Waals surface area contributed by atoms with Crippen molar-refractivity contribution in [3.05, 3.63) is 68.1 Å². The fourth-order valence-electron chi connectivity index (χ4n) is 2.88. The monoisotopic (exact) mass is 344 g/mol. The van der Waals surface area contributed by atoms with Crippen LogP contribution in [0.2, 0.25) is 5.02 Å². The van der Waals surface area contributed by atoms with E-state index in [2.05, 4.69) is 10.3 Å². The van der Waals surface area contributed by atoms with Gasteiger partial charge in [-0.05, 0) is 43.5 Å². The number of pyridine rings is 1. The molecule has 0 unspecified atom stereocenters. The molecule has 1 aromatic heterocycles. The summed E-state index contributed by atoms with van der Waals surface area (Å²) in [6, 6.07) is 8.24. The molecule has 24 heavy (non-hydrogen) atoms. The third-order valence-corrected chi connectivity index (χ3v) is 4.43. The van der Waals surface area contributed by atoms with E-state index in [9.17, 15) is 14.4 Å². The molecule has 0 saturated carbocycles. The lowest BCUT2D eigenvalue weighted by molar-refractivity contribution is 0.0938. The van der Waals surface area contributed by atoms with Crippen LogP contribution < -0.4 is 10.9 Å². The van der Waals surface area contributed by atoms with Gasteiger partial charge in [-0.3, -0.25) is 14.4 Å². The fraction of sp³-hybridized carbons (Fsp3) is 0.278. The van der Waals surface area contributed by atoms with E-state index in [0.29, 0.717) is 29.1 Å². The van der Waals surface area contributed by atoms with E-state index in [0.717, 1.165) is 12.0 Å². The van der Waals surface area contributed by atoms with Crippen molar-refractivity contribution in [2.75, 3.05) is 0 Å². The van der Waals surface area contributed by atoms with Gasteiger partial charge in [-0.2, -0.15) is 0 Å². The van der Waals surface area contributed by atoms with Crippen LogP contribution in [0.4, 0.5) is 0 Å². The van der Waals surface area contributed by atoms with Crippen LogP contribution in [0.1, 0.15) is 57.8 Å². The summed E-state index contributed by atoms with van der Waals surface area (Å²) < 4.78 is 0. The molecule has 1 heterocycles. The number of hydrogen-bond acceptors (Lipinski definition) is 3. The number of benzene rings is 1. The molecule has 6 heteroatoms. The molecule has 0 spiro atoms. The van der Waals surface area contributed by atoms with Gasteiger partial charge in [-0.15, -0.1) is 0 Å². The molecule has 1 aliphatic rings. The Morgan fingerprint density at radius 1 is 1.25 bits per heavy atom. The van der Waals surface area contributed by atoms with Gasteiger partial charge in [-0.25, -0.2) is 0 Å². The zero-order valence-electron chi connectivity index (χ0n) is 13.2. The Hall–Kier alpha value is -2.40. The van der Waals surface area contributed by atoms with Gasteiger partial charge in [0.15, 0.2) is 5.78 Å². The highest BCUT2D eigenvalue weighted by atomic mass is 35.5. The molecule has 0 fully saturated rings. The quantitative estimate of drug-likeness (QED) is 0.898. The molecular formula is C18H17ClN2O3. The first-order valence-corrected chi connectivity index (χ1v) is 8.19. The van der Waals surface area contributed by atoms with Crippen LogP contribution in [-0.2, 0) is 6.42 Å². The lowest BCUT2D eigenvalue weighted by Crippen LogP contribution is -2.33. The molecule has 3 rings (SSSR count). The average Bonchev–Trinajstić information content (AvgIpc) is 2.54. The van der Waals surface area contributed by atoms with Crippen LogP contribution in [-0.4, -0.2) is 16.7 Å². The van der Waals surface area contributed by atoms with E-state index < -0.39 is 11.5 Å².